The fourth-order valence-electron chi connectivity index (χ4n) is 3.48. The maximum Gasteiger partial charge on any atom is 0.243 e. The average molecular weight is 428 g/mol. The first-order valence-corrected chi connectivity index (χ1v) is 12.2. The number of hydrogen-bond acceptors (Lipinski definition) is 4. The van der Waals surface area contributed by atoms with Crippen LogP contribution in [-0.2, 0) is 19.9 Å². The highest BCUT2D eigenvalue weighted by Gasteiger charge is 2.36. The first-order valence-electron chi connectivity index (χ1n) is 8.66. The van der Waals surface area contributed by atoms with Gasteiger partial charge in [0, 0.05) is 18.1 Å². The molecule has 8 heteroatoms. The molecule has 1 atom stereocenters. The monoisotopic (exact) mass is 427 g/mol. The Morgan fingerprint density at radius 1 is 1.07 bits per heavy atom. The number of benzene rings is 2. The van der Waals surface area contributed by atoms with E-state index >= 15 is 0 Å². The Morgan fingerprint density at radius 2 is 1.78 bits per heavy atom. The van der Waals surface area contributed by atoms with Crippen LogP contribution < -0.4 is 0 Å². The first-order chi connectivity index (χ1) is 12.6. The minimum absolute atomic E-state index is 0.0566. The molecular weight excluding hydrogens is 406 g/mol. The van der Waals surface area contributed by atoms with E-state index in [1.807, 2.05) is 13.0 Å². The summed E-state index contributed by atoms with van der Waals surface area (Å²) >= 11 is 6.20. The van der Waals surface area contributed by atoms with Crippen molar-refractivity contribution in [2.45, 2.75) is 30.4 Å². The zero-order chi connectivity index (χ0) is 19.8. The van der Waals surface area contributed by atoms with Gasteiger partial charge < -0.3 is 0 Å². The van der Waals surface area contributed by atoms with E-state index in [-0.39, 0.29) is 30.2 Å². The molecular formula is C19H22ClNO4S2. The normalized spacial score (nSPS) is 20.9. The molecule has 1 unspecified atom stereocenters. The van der Waals surface area contributed by atoms with Gasteiger partial charge in [-0.05, 0) is 43.5 Å². The Kier molecular flexibility index (Phi) is 5.68. The maximum absolute atomic E-state index is 13.1. The van der Waals surface area contributed by atoms with Gasteiger partial charge in [0.1, 0.15) is 0 Å². The summed E-state index contributed by atoms with van der Waals surface area (Å²) in [5.41, 5.74) is 2.17. The number of hydrogen-bond donors (Lipinski definition) is 0. The Hall–Kier alpha value is -1.41. The Balaban J connectivity index is 1.94. The van der Waals surface area contributed by atoms with Crippen LogP contribution in [0, 0.1) is 13.8 Å². The molecule has 1 heterocycles. The Labute approximate surface area is 165 Å². The maximum atomic E-state index is 13.1. The number of halogens is 1. The summed E-state index contributed by atoms with van der Waals surface area (Å²) < 4.78 is 53.1. The second kappa shape index (κ2) is 7.54. The van der Waals surface area contributed by atoms with Gasteiger partial charge in [-0.1, -0.05) is 47.5 Å². The minimum Gasteiger partial charge on any atom is -0.228 e. The van der Waals surface area contributed by atoms with Crippen LogP contribution in [0.15, 0.2) is 47.4 Å². The quantitative estimate of drug-likeness (QED) is 0.751. The number of rotatable bonds is 3. The van der Waals surface area contributed by atoms with Crippen molar-refractivity contribution in [1.29, 1.82) is 0 Å². The molecule has 2 aromatic rings. The molecule has 27 heavy (non-hydrogen) atoms. The smallest absolute Gasteiger partial charge is 0.228 e. The Bertz CT molecular complexity index is 1060. The van der Waals surface area contributed by atoms with Crippen LogP contribution in [0.3, 0.4) is 0 Å². The standard InChI is InChI=1S/C19H22ClNO4S2/c1-14-7-8-18(15(2)13-14)27(24,25)21-10-9-19(26(22,23)12-11-21)16-5-3-4-6-17(16)20/h3-8,13,19H,9-12H2,1-2H3. The molecule has 146 valence electrons. The summed E-state index contributed by atoms with van der Waals surface area (Å²) in [6.45, 7) is 3.72. The van der Waals surface area contributed by atoms with Crippen molar-refractivity contribution in [3.8, 4) is 0 Å². The van der Waals surface area contributed by atoms with Crippen LogP contribution in [-0.4, -0.2) is 40.0 Å². The highest BCUT2D eigenvalue weighted by molar-refractivity contribution is 7.92. The summed E-state index contributed by atoms with van der Waals surface area (Å²) in [4.78, 5) is 0.224. The molecule has 0 saturated carbocycles. The third-order valence-corrected chi connectivity index (χ3v) is 9.41. The van der Waals surface area contributed by atoms with Crippen LogP contribution in [0.1, 0.15) is 28.4 Å². The molecule has 1 aliphatic rings. The number of sulfonamides is 1. The van der Waals surface area contributed by atoms with Crippen molar-refractivity contribution in [3.05, 3.63) is 64.2 Å². The van der Waals surface area contributed by atoms with E-state index in [9.17, 15) is 16.8 Å². The molecule has 0 spiro atoms. The molecule has 0 aliphatic carbocycles. The summed E-state index contributed by atoms with van der Waals surface area (Å²) in [5.74, 6) is -0.229. The van der Waals surface area contributed by atoms with E-state index in [2.05, 4.69) is 0 Å². The van der Waals surface area contributed by atoms with Crippen molar-refractivity contribution in [2.24, 2.45) is 0 Å². The zero-order valence-electron chi connectivity index (χ0n) is 15.2. The van der Waals surface area contributed by atoms with Gasteiger partial charge in [-0.25, -0.2) is 16.8 Å². The molecule has 0 amide bonds. The van der Waals surface area contributed by atoms with E-state index in [1.54, 1.807) is 43.3 Å². The number of sulfone groups is 1. The fraction of sp³-hybridized carbons (Fsp3) is 0.368. The van der Waals surface area contributed by atoms with Crippen molar-refractivity contribution in [3.63, 3.8) is 0 Å². The molecule has 0 N–H and O–H groups in total. The number of aryl methyl sites for hydroxylation is 2. The van der Waals surface area contributed by atoms with E-state index in [0.29, 0.717) is 16.1 Å². The van der Waals surface area contributed by atoms with Crippen molar-refractivity contribution in [1.82, 2.24) is 4.31 Å². The summed E-state index contributed by atoms with van der Waals surface area (Å²) in [6.07, 6.45) is 0.177. The SMILES string of the molecule is Cc1ccc(S(=O)(=O)N2CCC(c3ccccc3Cl)S(=O)(=O)CC2)c(C)c1. The van der Waals surface area contributed by atoms with Crippen LogP contribution in [0.4, 0.5) is 0 Å². The lowest BCUT2D eigenvalue weighted by Crippen LogP contribution is -2.34. The van der Waals surface area contributed by atoms with Gasteiger partial charge in [-0.2, -0.15) is 4.31 Å². The molecule has 0 radical (unpaired) electrons. The van der Waals surface area contributed by atoms with Gasteiger partial charge in [0.2, 0.25) is 10.0 Å². The molecule has 1 saturated heterocycles. The predicted octanol–water partition coefficient (Wildman–Crippen LogP) is 3.51. The lowest BCUT2D eigenvalue weighted by atomic mass is 10.1. The summed E-state index contributed by atoms with van der Waals surface area (Å²) in [5, 5.41) is -0.415. The lowest BCUT2D eigenvalue weighted by Gasteiger charge is -2.21. The molecule has 0 bridgehead atoms. The van der Waals surface area contributed by atoms with Crippen molar-refractivity contribution in [2.75, 3.05) is 18.8 Å². The van der Waals surface area contributed by atoms with Crippen LogP contribution in [0.2, 0.25) is 5.02 Å². The average Bonchev–Trinajstić information content (AvgIpc) is 2.73. The van der Waals surface area contributed by atoms with Crippen molar-refractivity contribution < 1.29 is 16.8 Å². The van der Waals surface area contributed by atoms with Gasteiger partial charge in [0.05, 0.1) is 15.9 Å². The summed E-state index contributed by atoms with van der Waals surface area (Å²) in [7, 11) is -7.28. The molecule has 0 aromatic heterocycles. The van der Waals surface area contributed by atoms with E-state index in [1.165, 1.54) is 4.31 Å². The van der Waals surface area contributed by atoms with Gasteiger partial charge in [-0.3, -0.25) is 0 Å². The second-order valence-electron chi connectivity index (χ2n) is 6.84. The van der Waals surface area contributed by atoms with Gasteiger partial charge in [0.25, 0.3) is 0 Å². The van der Waals surface area contributed by atoms with Gasteiger partial charge >= 0.3 is 0 Å². The molecule has 1 aliphatic heterocycles. The van der Waals surface area contributed by atoms with Gasteiger partial charge in [0.15, 0.2) is 9.84 Å². The predicted molar refractivity (Wildman–Crippen MR) is 107 cm³/mol. The van der Waals surface area contributed by atoms with Crippen LogP contribution >= 0.6 is 11.6 Å². The first kappa shape index (κ1) is 20.3. The van der Waals surface area contributed by atoms with E-state index in [4.69, 9.17) is 11.6 Å². The molecule has 2 aromatic carbocycles. The Morgan fingerprint density at radius 3 is 2.44 bits per heavy atom. The highest BCUT2D eigenvalue weighted by atomic mass is 35.5. The van der Waals surface area contributed by atoms with Crippen LogP contribution in [0.25, 0.3) is 0 Å². The molecule has 1 fully saturated rings. The lowest BCUT2D eigenvalue weighted by molar-refractivity contribution is 0.427. The third-order valence-electron chi connectivity index (χ3n) is 4.90. The molecule has 5 nitrogen and oxygen atoms in total. The number of nitrogens with zero attached hydrogens (tertiary/aromatic N) is 1. The summed E-state index contributed by atoms with van der Waals surface area (Å²) in [6, 6.07) is 12.0. The largest absolute Gasteiger partial charge is 0.243 e. The highest BCUT2D eigenvalue weighted by Crippen LogP contribution is 2.35. The van der Waals surface area contributed by atoms with Crippen molar-refractivity contribution >= 4 is 31.5 Å². The fourth-order valence-corrected chi connectivity index (χ4v) is 7.40. The third kappa shape index (κ3) is 4.06. The zero-order valence-corrected chi connectivity index (χ0v) is 17.6. The molecule has 3 rings (SSSR count). The topological polar surface area (TPSA) is 71.5 Å². The van der Waals surface area contributed by atoms with E-state index in [0.717, 1.165) is 5.56 Å². The van der Waals surface area contributed by atoms with Gasteiger partial charge in [-0.15, -0.1) is 0 Å². The minimum atomic E-state index is -3.76. The van der Waals surface area contributed by atoms with Crippen LogP contribution in [0.5, 0.6) is 0 Å². The second-order valence-corrected chi connectivity index (χ2v) is 11.5. The van der Waals surface area contributed by atoms with E-state index < -0.39 is 25.1 Å².